The van der Waals surface area contributed by atoms with Gasteiger partial charge >= 0.3 is 6.36 Å². The fourth-order valence-electron chi connectivity index (χ4n) is 1.06. The maximum Gasteiger partial charge on any atom is 0.573 e. The van der Waals surface area contributed by atoms with Crippen molar-refractivity contribution >= 4 is 12.4 Å². The Morgan fingerprint density at radius 1 is 1.38 bits per heavy atom. The van der Waals surface area contributed by atoms with Gasteiger partial charge in [0.25, 0.3) is 0 Å². The van der Waals surface area contributed by atoms with E-state index in [0.29, 0.717) is 5.56 Å². The quantitative estimate of drug-likeness (QED) is 0.792. The Bertz CT molecular complexity index is 383. The van der Waals surface area contributed by atoms with Gasteiger partial charge in [-0.1, -0.05) is 24.3 Å². The first-order chi connectivity index (χ1) is 7.51. The zero-order chi connectivity index (χ0) is 12.0. The van der Waals surface area contributed by atoms with Crippen molar-refractivity contribution in [1.82, 2.24) is 0 Å². The summed E-state index contributed by atoms with van der Waals surface area (Å²) in [6.45, 7) is 0. The average molecular weight is 229 g/mol. The Hall–Kier alpha value is -1.78. The summed E-state index contributed by atoms with van der Waals surface area (Å²) in [5.74, 6) is -0.287. The van der Waals surface area contributed by atoms with Crippen LogP contribution < -0.4 is 4.74 Å². The van der Waals surface area contributed by atoms with Crippen LogP contribution in [0.25, 0.3) is 6.08 Å². The molecule has 85 valence electrons. The van der Waals surface area contributed by atoms with E-state index in [1.165, 1.54) is 30.4 Å². The molecular formula is C11H8F3O2. The van der Waals surface area contributed by atoms with Crippen LogP contribution in [0, 0.1) is 0 Å². The monoisotopic (exact) mass is 229 g/mol. The number of benzene rings is 1. The largest absolute Gasteiger partial charge is 0.573 e. The first kappa shape index (κ1) is 12.3. The van der Waals surface area contributed by atoms with Crippen molar-refractivity contribution in [1.29, 1.82) is 0 Å². The Morgan fingerprint density at radius 3 is 2.75 bits per heavy atom. The first-order valence-corrected chi connectivity index (χ1v) is 4.38. The average Bonchev–Trinajstić information content (AvgIpc) is 2.16. The number of carbonyl (C=O) groups excluding carboxylic acids is 1. The molecule has 0 saturated carbocycles. The Balaban J connectivity index is 2.75. The Morgan fingerprint density at radius 2 is 2.12 bits per heavy atom. The molecule has 16 heavy (non-hydrogen) atoms. The van der Waals surface area contributed by atoms with E-state index in [1.807, 2.05) is 0 Å². The molecule has 0 aliphatic rings. The normalized spacial score (nSPS) is 11.7. The van der Waals surface area contributed by atoms with E-state index in [9.17, 15) is 18.0 Å². The molecule has 5 heteroatoms. The molecule has 0 N–H and O–H groups in total. The predicted octanol–water partition coefficient (Wildman–Crippen LogP) is 3.10. The number of alkyl halides is 3. The number of halogens is 3. The lowest BCUT2D eigenvalue weighted by Gasteiger charge is -2.08. The summed E-state index contributed by atoms with van der Waals surface area (Å²) in [7, 11) is 0. The van der Waals surface area contributed by atoms with Crippen LogP contribution in [0.3, 0.4) is 0 Å². The van der Waals surface area contributed by atoms with Gasteiger partial charge in [-0.3, -0.25) is 4.79 Å². The van der Waals surface area contributed by atoms with E-state index in [2.05, 4.69) is 4.74 Å². The predicted molar refractivity (Wildman–Crippen MR) is 52.5 cm³/mol. The SMILES string of the molecule is O=[C]C/C=C/c1cccc(OC(F)(F)F)c1. The van der Waals surface area contributed by atoms with Crippen molar-refractivity contribution < 1.29 is 22.7 Å². The second-order valence-electron chi connectivity index (χ2n) is 2.87. The third-order valence-electron chi connectivity index (χ3n) is 1.60. The van der Waals surface area contributed by atoms with Crippen LogP contribution in [0.4, 0.5) is 13.2 Å². The lowest BCUT2D eigenvalue weighted by atomic mass is 10.2. The molecule has 0 amide bonds. The maximum atomic E-state index is 11.9. The second kappa shape index (κ2) is 5.34. The van der Waals surface area contributed by atoms with Gasteiger partial charge < -0.3 is 4.74 Å². The number of hydrogen-bond acceptors (Lipinski definition) is 2. The van der Waals surface area contributed by atoms with Crippen molar-refractivity contribution in [3.05, 3.63) is 35.9 Å². The van der Waals surface area contributed by atoms with E-state index < -0.39 is 6.36 Å². The van der Waals surface area contributed by atoms with E-state index in [0.717, 1.165) is 0 Å². The molecule has 1 radical (unpaired) electrons. The molecular weight excluding hydrogens is 221 g/mol. The highest BCUT2D eigenvalue weighted by atomic mass is 19.4. The first-order valence-electron chi connectivity index (χ1n) is 4.38. The van der Waals surface area contributed by atoms with Crippen LogP contribution in [0.5, 0.6) is 5.75 Å². The van der Waals surface area contributed by atoms with Crippen LogP contribution in [0.15, 0.2) is 30.3 Å². The van der Waals surface area contributed by atoms with Gasteiger partial charge in [0, 0.05) is 6.42 Å². The summed E-state index contributed by atoms with van der Waals surface area (Å²) in [6.07, 6.45) is 0.0704. The highest BCUT2D eigenvalue weighted by Crippen LogP contribution is 2.23. The van der Waals surface area contributed by atoms with E-state index in [-0.39, 0.29) is 12.2 Å². The zero-order valence-corrected chi connectivity index (χ0v) is 8.12. The van der Waals surface area contributed by atoms with Gasteiger partial charge in [-0.05, 0) is 17.7 Å². The standard InChI is InChI=1S/C11H8F3O2/c12-11(13,14)16-10-6-3-5-9(8-10)4-1-2-7-15/h1,3-6,8H,2H2/b4-1+. The summed E-state index contributed by atoms with van der Waals surface area (Å²) < 4.78 is 39.4. The molecule has 0 aliphatic heterocycles. The molecule has 1 aromatic rings. The maximum absolute atomic E-state index is 11.9. The minimum atomic E-state index is -4.70. The molecule has 0 fully saturated rings. The van der Waals surface area contributed by atoms with Gasteiger partial charge in [0.1, 0.15) is 5.75 Å². The van der Waals surface area contributed by atoms with Crippen molar-refractivity contribution in [2.75, 3.05) is 0 Å². The molecule has 0 saturated heterocycles. The van der Waals surface area contributed by atoms with Gasteiger partial charge in [-0.15, -0.1) is 13.2 Å². The highest BCUT2D eigenvalue weighted by molar-refractivity contribution is 5.59. The molecule has 0 unspecified atom stereocenters. The van der Waals surface area contributed by atoms with Crippen LogP contribution in [-0.2, 0) is 4.79 Å². The van der Waals surface area contributed by atoms with Gasteiger partial charge in [-0.25, -0.2) is 0 Å². The van der Waals surface area contributed by atoms with Gasteiger partial charge in [0.15, 0.2) is 0 Å². The lowest BCUT2D eigenvalue weighted by molar-refractivity contribution is -0.274. The van der Waals surface area contributed by atoms with Gasteiger partial charge in [-0.2, -0.15) is 0 Å². The fourth-order valence-corrected chi connectivity index (χ4v) is 1.06. The van der Waals surface area contributed by atoms with Crippen LogP contribution >= 0.6 is 0 Å². The smallest absolute Gasteiger partial charge is 0.406 e. The highest BCUT2D eigenvalue weighted by Gasteiger charge is 2.30. The molecule has 0 bridgehead atoms. The van der Waals surface area contributed by atoms with Crippen LogP contribution in [-0.4, -0.2) is 12.6 Å². The lowest BCUT2D eigenvalue weighted by Crippen LogP contribution is -2.17. The molecule has 0 spiro atoms. The fraction of sp³-hybridized carbons (Fsp3) is 0.182. The summed E-state index contributed by atoms with van der Waals surface area (Å²) in [6, 6.07) is 5.47. The van der Waals surface area contributed by atoms with Gasteiger partial charge in [0.05, 0.1) is 0 Å². The van der Waals surface area contributed by atoms with Crippen molar-refractivity contribution in [2.45, 2.75) is 12.8 Å². The zero-order valence-electron chi connectivity index (χ0n) is 8.12. The molecule has 0 heterocycles. The molecule has 0 aliphatic carbocycles. The molecule has 0 aromatic heterocycles. The topological polar surface area (TPSA) is 26.3 Å². The van der Waals surface area contributed by atoms with Crippen molar-refractivity contribution in [3.8, 4) is 5.75 Å². The second-order valence-corrected chi connectivity index (χ2v) is 2.87. The summed E-state index contributed by atoms with van der Waals surface area (Å²) in [5, 5.41) is 0. The Labute approximate surface area is 90.3 Å². The summed E-state index contributed by atoms with van der Waals surface area (Å²) in [4.78, 5) is 9.90. The van der Waals surface area contributed by atoms with E-state index in [1.54, 1.807) is 12.4 Å². The number of hydrogen-bond donors (Lipinski definition) is 0. The van der Waals surface area contributed by atoms with Gasteiger partial charge in [0.2, 0.25) is 6.29 Å². The molecule has 1 rings (SSSR count). The third kappa shape index (κ3) is 4.63. The van der Waals surface area contributed by atoms with Crippen molar-refractivity contribution in [3.63, 3.8) is 0 Å². The van der Waals surface area contributed by atoms with Crippen molar-refractivity contribution in [2.24, 2.45) is 0 Å². The Kier molecular flexibility index (Phi) is 4.10. The van der Waals surface area contributed by atoms with E-state index in [4.69, 9.17) is 0 Å². The molecule has 1 aromatic carbocycles. The third-order valence-corrected chi connectivity index (χ3v) is 1.60. The minimum Gasteiger partial charge on any atom is -0.406 e. The molecule has 0 atom stereocenters. The van der Waals surface area contributed by atoms with Crippen LogP contribution in [0.1, 0.15) is 12.0 Å². The summed E-state index contributed by atoms with van der Waals surface area (Å²) >= 11 is 0. The minimum absolute atomic E-state index is 0.102. The number of rotatable bonds is 4. The van der Waals surface area contributed by atoms with Crippen LogP contribution in [0.2, 0.25) is 0 Å². The van der Waals surface area contributed by atoms with E-state index >= 15 is 0 Å². The molecule has 2 nitrogen and oxygen atoms in total. The number of ether oxygens (including phenoxy) is 1. The summed E-state index contributed by atoms with van der Waals surface area (Å²) in [5.41, 5.74) is 0.525. The number of allylic oxidation sites excluding steroid dienone is 1.